The molecule has 2 aromatic rings. The maximum Gasteiger partial charge on any atom is 0.139 e. The van der Waals surface area contributed by atoms with Gasteiger partial charge in [0, 0.05) is 12.4 Å². The highest BCUT2D eigenvalue weighted by atomic mass is 16.3. The van der Waals surface area contributed by atoms with E-state index in [1.54, 1.807) is 36.1 Å². The number of aliphatic hydroxyl groups is 1. The van der Waals surface area contributed by atoms with Gasteiger partial charge in [0.2, 0.25) is 0 Å². The Balaban J connectivity index is 2.62. The summed E-state index contributed by atoms with van der Waals surface area (Å²) >= 11 is 0. The Bertz CT molecular complexity index is 361. The Morgan fingerprint density at radius 3 is 3.08 bits per heavy atom. The second-order valence-electron chi connectivity index (χ2n) is 2.69. The summed E-state index contributed by atoms with van der Waals surface area (Å²) in [5.74, 6) is 0. The Morgan fingerprint density at radius 1 is 1.58 bits per heavy atom. The van der Waals surface area contributed by atoms with E-state index in [9.17, 15) is 5.11 Å². The Labute approximate surface area is 69.5 Å². The van der Waals surface area contributed by atoms with Gasteiger partial charge in [0.25, 0.3) is 0 Å². The molecule has 0 aromatic carbocycles. The van der Waals surface area contributed by atoms with Crippen molar-refractivity contribution in [2.24, 2.45) is 0 Å². The number of nitrogens with zero attached hydrogens (tertiary/aromatic N) is 3. The molecule has 0 radical (unpaired) electrons. The van der Waals surface area contributed by atoms with E-state index in [2.05, 4.69) is 9.97 Å². The number of hydrogen-bond donors (Lipinski definition) is 1. The van der Waals surface area contributed by atoms with Gasteiger partial charge in [0.05, 0.1) is 11.8 Å². The van der Waals surface area contributed by atoms with Gasteiger partial charge >= 0.3 is 0 Å². The van der Waals surface area contributed by atoms with Crippen LogP contribution in [0, 0.1) is 0 Å². The Hall–Kier alpha value is -1.42. The molecule has 0 amide bonds. The summed E-state index contributed by atoms with van der Waals surface area (Å²) in [4.78, 5) is 8.11. The molecule has 2 rings (SSSR count). The van der Waals surface area contributed by atoms with Gasteiger partial charge in [-0.15, -0.1) is 0 Å². The second-order valence-corrected chi connectivity index (χ2v) is 2.69. The fourth-order valence-corrected chi connectivity index (χ4v) is 1.06. The number of aromatic nitrogens is 3. The fraction of sp³-hybridized carbons (Fsp3) is 0.250. The van der Waals surface area contributed by atoms with Crippen LogP contribution >= 0.6 is 0 Å². The summed E-state index contributed by atoms with van der Waals surface area (Å²) in [6.07, 6.45) is 4.58. The van der Waals surface area contributed by atoms with E-state index in [0.29, 0.717) is 5.69 Å². The van der Waals surface area contributed by atoms with Crippen LogP contribution in [-0.2, 0) is 0 Å². The minimum atomic E-state index is -0.523. The molecular formula is C8H9N3O. The standard InChI is InChI=1S/C8H9N3O/c1-6(12)7-4-11-5-9-3-2-8(11)10-7/h2-6,12H,1H3. The van der Waals surface area contributed by atoms with Crippen LogP contribution in [0.5, 0.6) is 0 Å². The molecule has 0 spiro atoms. The lowest BCUT2D eigenvalue weighted by atomic mass is 10.3. The molecule has 0 aliphatic rings. The van der Waals surface area contributed by atoms with Crippen LogP contribution in [0.4, 0.5) is 0 Å². The van der Waals surface area contributed by atoms with Crippen molar-refractivity contribution in [2.75, 3.05) is 0 Å². The van der Waals surface area contributed by atoms with E-state index in [1.807, 2.05) is 0 Å². The summed E-state index contributed by atoms with van der Waals surface area (Å²) in [7, 11) is 0. The fourth-order valence-electron chi connectivity index (χ4n) is 1.06. The molecule has 0 bridgehead atoms. The van der Waals surface area contributed by atoms with Gasteiger partial charge in [0.1, 0.15) is 12.0 Å². The molecule has 1 N–H and O–H groups in total. The zero-order valence-electron chi connectivity index (χ0n) is 6.68. The predicted molar refractivity (Wildman–Crippen MR) is 43.6 cm³/mol. The first-order valence-electron chi connectivity index (χ1n) is 3.74. The van der Waals surface area contributed by atoms with Gasteiger partial charge in [-0.05, 0) is 13.0 Å². The largest absolute Gasteiger partial charge is 0.387 e. The number of aliphatic hydroxyl groups excluding tert-OH is 1. The van der Waals surface area contributed by atoms with E-state index in [1.165, 1.54) is 0 Å². The third-order valence-electron chi connectivity index (χ3n) is 1.71. The predicted octanol–water partition coefficient (Wildman–Crippen LogP) is 0.783. The third kappa shape index (κ3) is 1.06. The molecule has 12 heavy (non-hydrogen) atoms. The SMILES string of the molecule is CC(O)c1cn2cnccc2n1. The van der Waals surface area contributed by atoms with Crippen molar-refractivity contribution in [3.8, 4) is 0 Å². The van der Waals surface area contributed by atoms with Crippen molar-refractivity contribution < 1.29 is 5.11 Å². The normalized spacial score (nSPS) is 13.5. The zero-order chi connectivity index (χ0) is 8.55. The highest BCUT2D eigenvalue weighted by molar-refractivity contribution is 5.38. The molecule has 1 unspecified atom stereocenters. The molecule has 2 aromatic heterocycles. The van der Waals surface area contributed by atoms with Crippen LogP contribution in [0.3, 0.4) is 0 Å². The summed E-state index contributed by atoms with van der Waals surface area (Å²) in [5, 5.41) is 9.23. The Morgan fingerprint density at radius 2 is 2.42 bits per heavy atom. The summed E-state index contributed by atoms with van der Waals surface area (Å²) in [6, 6.07) is 1.80. The smallest absolute Gasteiger partial charge is 0.139 e. The van der Waals surface area contributed by atoms with Gasteiger partial charge in [-0.1, -0.05) is 0 Å². The van der Waals surface area contributed by atoms with E-state index < -0.39 is 6.10 Å². The lowest BCUT2D eigenvalue weighted by Crippen LogP contribution is -1.89. The molecule has 4 heteroatoms. The van der Waals surface area contributed by atoms with Crippen LogP contribution in [0.15, 0.2) is 24.8 Å². The van der Waals surface area contributed by atoms with Crippen molar-refractivity contribution >= 4 is 5.65 Å². The third-order valence-corrected chi connectivity index (χ3v) is 1.71. The monoisotopic (exact) mass is 163 g/mol. The molecule has 0 fully saturated rings. The number of rotatable bonds is 1. The van der Waals surface area contributed by atoms with E-state index in [-0.39, 0.29) is 0 Å². The topological polar surface area (TPSA) is 50.4 Å². The van der Waals surface area contributed by atoms with Crippen LogP contribution in [-0.4, -0.2) is 19.5 Å². The summed E-state index contributed by atoms with van der Waals surface area (Å²) in [6.45, 7) is 1.69. The van der Waals surface area contributed by atoms with E-state index in [0.717, 1.165) is 5.65 Å². The maximum absolute atomic E-state index is 9.23. The molecule has 0 aliphatic heterocycles. The Kier molecular flexibility index (Phi) is 1.55. The van der Waals surface area contributed by atoms with Crippen LogP contribution < -0.4 is 0 Å². The number of fused-ring (bicyclic) bond motifs is 1. The van der Waals surface area contributed by atoms with E-state index in [4.69, 9.17) is 0 Å². The highest BCUT2D eigenvalue weighted by Gasteiger charge is 2.05. The van der Waals surface area contributed by atoms with Gasteiger partial charge in [0.15, 0.2) is 0 Å². The van der Waals surface area contributed by atoms with Gasteiger partial charge in [-0.2, -0.15) is 0 Å². The number of imidazole rings is 1. The minimum absolute atomic E-state index is 0.523. The summed E-state index contributed by atoms with van der Waals surface area (Å²) < 4.78 is 1.78. The zero-order valence-corrected chi connectivity index (χ0v) is 6.68. The molecule has 2 heterocycles. The second kappa shape index (κ2) is 2.57. The van der Waals surface area contributed by atoms with Crippen molar-refractivity contribution in [1.29, 1.82) is 0 Å². The quantitative estimate of drug-likeness (QED) is 0.676. The van der Waals surface area contributed by atoms with Crippen LogP contribution in [0.2, 0.25) is 0 Å². The molecule has 1 atom stereocenters. The first kappa shape index (κ1) is 7.24. The molecule has 0 aliphatic carbocycles. The van der Waals surface area contributed by atoms with Crippen LogP contribution in [0.25, 0.3) is 5.65 Å². The van der Waals surface area contributed by atoms with Crippen molar-refractivity contribution in [3.05, 3.63) is 30.5 Å². The maximum atomic E-state index is 9.23. The molecule has 4 nitrogen and oxygen atoms in total. The lowest BCUT2D eigenvalue weighted by molar-refractivity contribution is 0.195. The van der Waals surface area contributed by atoms with E-state index >= 15 is 0 Å². The minimum Gasteiger partial charge on any atom is -0.387 e. The molecular weight excluding hydrogens is 154 g/mol. The van der Waals surface area contributed by atoms with Crippen molar-refractivity contribution in [3.63, 3.8) is 0 Å². The van der Waals surface area contributed by atoms with Crippen LogP contribution in [0.1, 0.15) is 18.7 Å². The number of hydrogen-bond acceptors (Lipinski definition) is 3. The average molecular weight is 163 g/mol. The van der Waals surface area contributed by atoms with Crippen molar-refractivity contribution in [2.45, 2.75) is 13.0 Å². The van der Waals surface area contributed by atoms with Gasteiger partial charge < -0.3 is 5.11 Å². The highest BCUT2D eigenvalue weighted by Crippen LogP contribution is 2.10. The van der Waals surface area contributed by atoms with Gasteiger partial charge in [-0.3, -0.25) is 4.40 Å². The summed E-state index contributed by atoms with van der Waals surface area (Å²) in [5.41, 5.74) is 1.48. The molecule has 0 saturated heterocycles. The molecule has 62 valence electrons. The lowest BCUT2D eigenvalue weighted by Gasteiger charge is -1.94. The first-order chi connectivity index (χ1) is 5.77. The van der Waals surface area contributed by atoms with Crippen molar-refractivity contribution in [1.82, 2.24) is 14.4 Å². The first-order valence-corrected chi connectivity index (χ1v) is 3.74. The molecule has 0 saturated carbocycles. The average Bonchev–Trinajstić information content (AvgIpc) is 2.46. The van der Waals surface area contributed by atoms with Gasteiger partial charge in [-0.25, -0.2) is 9.97 Å².